The summed E-state index contributed by atoms with van der Waals surface area (Å²) in [5.41, 5.74) is 0.267. The average molecular weight is 316 g/mol. The molecule has 0 aromatic carbocycles. The van der Waals surface area contributed by atoms with Gasteiger partial charge in [-0.1, -0.05) is 0 Å². The molecule has 1 rings (SSSR count). The van der Waals surface area contributed by atoms with Crippen LogP contribution in [0.4, 0.5) is 0 Å². The summed E-state index contributed by atoms with van der Waals surface area (Å²) in [5, 5.41) is 5.07. The van der Waals surface area contributed by atoms with E-state index in [4.69, 9.17) is 4.74 Å². The molecule has 0 unspecified atom stereocenters. The van der Waals surface area contributed by atoms with Crippen molar-refractivity contribution in [3.05, 3.63) is 28.5 Å². The number of halogens is 1. The quantitative estimate of drug-likeness (QED) is 0.742. The minimum Gasteiger partial charge on any atom is -0.383 e. The van der Waals surface area contributed by atoms with E-state index in [0.29, 0.717) is 13.2 Å². The molecule has 0 atom stereocenters. The Morgan fingerprint density at radius 2 is 2.17 bits per heavy atom. The van der Waals surface area contributed by atoms with Crippen LogP contribution in [0, 0.1) is 0 Å². The van der Waals surface area contributed by atoms with E-state index < -0.39 is 0 Å². The maximum atomic E-state index is 11.6. The van der Waals surface area contributed by atoms with E-state index in [2.05, 4.69) is 31.5 Å². The van der Waals surface area contributed by atoms with E-state index >= 15 is 0 Å². The minimum absolute atomic E-state index is 0.0830. The van der Waals surface area contributed by atoms with Gasteiger partial charge < -0.3 is 15.4 Å². The first-order chi connectivity index (χ1) is 8.63. The molecule has 0 saturated heterocycles. The molecule has 0 saturated carbocycles. The number of amides is 2. The Kier molecular flexibility index (Phi) is 6.31. The van der Waals surface area contributed by atoms with Gasteiger partial charge in [-0.3, -0.25) is 9.59 Å². The van der Waals surface area contributed by atoms with Gasteiger partial charge in [-0.05, 0) is 28.1 Å². The lowest BCUT2D eigenvalue weighted by Crippen LogP contribution is -2.38. The Morgan fingerprint density at radius 1 is 1.39 bits per heavy atom. The Hall–Kier alpha value is -1.47. The third kappa shape index (κ3) is 5.24. The largest absolute Gasteiger partial charge is 0.383 e. The Labute approximate surface area is 113 Å². The van der Waals surface area contributed by atoms with E-state index in [-0.39, 0.29) is 24.1 Å². The van der Waals surface area contributed by atoms with Crippen molar-refractivity contribution in [2.75, 3.05) is 26.8 Å². The van der Waals surface area contributed by atoms with E-state index in [0.717, 1.165) is 4.47 Å². The molecule has 1 heterocycles. The normalized spacial score (nSPS) is 9.89. The number of rotatable bonds is 6. The van der Waals surface area contributed by atoms with Crippen LogP contribution in [0.5, 0.6) is 0 Å². The predicted octanol–water partition coefficient (Wildman–Crippen LogP) is 0.337. The number of carbonyl (C=O) groups excluding carboxylic acids is 2. The number of aromatic nitrogens is 1. The monoisotopic (exact) mass is 315 g/mol. The van der Waals surface area contributed by atoms with Crippen molar-refractivity contribution in [2.45, 2.75) is 0 Å². The number of pyridine rings is 1. The topological polar surface area (TPSA) is 80.3 Å². The van der Waals surface area contributed by atoms with Crippen LogP contribution in [0.15, 0.2) is 22.8 Å². The van der Waals surface area contributed by atoms with Crippen LogP contribution in [-0.2, 0) is 9.53 Å². The van der Waals surface area contributed by atoms with Crippen LogP contribution in [0.3, 0.4) is 0 Å². The summed E-state index contributed by atoms with van der Waals surface area (Å²) in [4.78, 5) is 26.8. The van der Waals surface area contributed by atoms with Crippen molar-refractivity contribution < 1.29 is 14.3 Å². The molecule has 0 aliphatic carbocycles. The molecule has 6 nitrogen and oxygen atoms in total. The fourth-order valence-corrected chi connectivity index (χ4v) is 1.35. The molecule has 0 radical (unpaired) electrons. The van der Waals surface area contributed by atoms with Gasteiger partial charge in [-0.15, -0.1) is 0 Å². The van der Waals surface area contributed by atoms with Crippen LogP contribution < -0.4 is 10.6 Å². The Morgan fingerprint density at radius 3 is 2.78 bits per heavy atom. The van der Waals surface area contributed by atoms with Crippen LogP contribution in [-0.4, -0.2) is 43.6 Å². The van der Waals surface area contributed by atoms with Gasteiger partial charge in [0, 0.05) is 24.3 Å². The lowest BCUT2D eigenvalue weighted by Gasteiger charge is -2.06. The summed E-state index contributed by atoms with van der Waals surface area (Å²) in [6.45, 7) is 0.774. The summed E-state index contributed by atoms with van der Waals surface area (Å²) in [7, 11) is 1.55. The fourth-order valence-electron chi connectivity index (χ4n) is 1.12. The zero-order chi connectivity index (χ0) is 13.4. The van der Waals surface area contributed by atoms with Gasteiger partial charge >= 0.3 is 0 Å². The molecule has 1 aromatic rings. The molecule has 0 fully saturated rings. The molecular formula is C11H14BrN3O3. The first-order valence-electron chi connectivity index (χ1n) is 5.29. The third-order valence-corrected chi connectivity index (χ3v) is 2.47. The van der Waals surface area contributed by atoms with Crippen molar-refractivity contribution in [3.8, 4) is 0 Å². The number of ether oxygens (including phenoxy) is 1. The summed E-state index contributed by atoms with van der Waals surface area (Å²) in [6.07, 6.45) is 1.52. The van der Waals surface area contributed by atoms with E-state index in [1.54, 1.807) is 19.2 Å². The molecule has 0 bridgehead atoms. The molecule has 2 amide bonds. The first kappa shape index (κ1) is 14.6. The highest BCUT2D eigenvalue weighted by Crippen LogP contribution is 2.06. The average Bonchev–Trinajstić information content (AvgIpc) is 2.37. The minimum atomic E-state index is -0.385. The van der Waals surface area contributed by atoms with Gasteiger partial charge in [0.15, 0.2) is 0 Å². The highest BCUT2D eigenvalue weighted by molar-refractivity contribution is 9.10. The van der Waals surface area contributed by atoms with Crippen LogP contribution in [0.2, 0.25) is 0 Å². The summed E-state index contributed by atoms with van der Waals surface area (Å²) in [6, 6.07) is 3.28. The van der Waals surface area contributed by atoms with Crippen LogP contribution in [0.25, 0.3) is 0 Å². The molecule has 7 heteroatoms. The van der Waals surface area contributed by atoms with Crippen molar-refractivity contribution in [1.29, 1.82) is 0 Å². The SMILES string of the molecule is COCCNC(=O)CNC(=O)c1ccc(Br)cn1. The second-order valence-electron chi connectivity index (χ2n) is 3.39. The van der Waals surface area contributed by atoms with Gasteiger partial charge in [-0.2, -0.15) is 0 Å². The number of nitrogens with zero attached hydrogens (tertiary/aromatic N) is 1. The van der Waals surface area contributed by atoms with Gasteiger partial charge in [0.2, 0.25) is 5.91 Å². The van der Waals surface area contributed by atoms with Crippen molar-refractivity contribution in [2.24, 2.45) is 0 Å². The van der Waals surface area contributed by atoms with Gasteiger partial charge in [-0.25, -0.2) is 4.98 Å². The number of nitrogens with one attached hydrogen (secondary N) is 2. The molecule has 98 valence electrons. The first-order valence-corrected chi connectivity index (χ1v) is 6.08. The smallest absolute Gasteiger partial charge is 0.270 e. The molecular weight excluding hydrogens is 302 g/mol. The number of carbonyl (C=O) groups is 2. The zero-order valence-electron chi connectivity index (χ0n) is 9.90. The summed E-state index contributed by atoms with van der Waals surface area (Å²) >= 11 is 3.22. The second-order valence-corrected chi connectivity index (χ2v) is 4.30. The predicted molar refractivity (Wildman–Crippen MR) is 69.2 cm³/mol. The Balaban J connectivity index is 2.32. The van der Waals surface area contributed by atoms with Crippen molar-refractivity contribution >= 4 is 27.7 Å². The molecule has 2 N–H and O–H groups in total. The second kappa shape index (κ2) is 7.78. The standard InChI is InChI=1S/C11H14BrN3O3/c1-18-5-4-13-10(16)7-15-11(17)9-3-2-8(12)6-14-9/h2-3,6H,4-5,7H2,1H3,(H,13,16)(H,15,17). The zero-order valence-corrected chi connectivity index (χ0v) is 11.5. The van der Waals surface area contributed by atoms with Crippen molar-refractivity contribution in [3.63, 3.8) is 0 Å². The lowest BCUT2D eigenvalue weighted by atomic mass is 10.3. The molecule has 0 aliphatic heterocycles. The number of hydrogen-bond acceptors (Lipinski definition) is 4. The third-order valence-electron chi connectivity index (χ3n) is 2.00. The lowest BCUT2D eigenvalue weighted by molar-refractivity contribution is -0.120. The van der Waals surface area contributed by atoms with E-state index in [1.807, 2.05) is 0 Å². The highest BCUT2D eigenvalue weighted by atomic mass is 79.9. The fraction of sp³-hybridized carbons (Fsp3) is 0.364. The summed E-state index contributed by atoms with van der Waals surface area (Å²) < 4.78 is 5.57. The molecule has 0 spiro atoms. The maximum absolute atomic E-state index is 11.6. The molecule has 1 aromatic heterocycles. The summed E-state index contributed by atoms with van der Waals surface area (Å²) in [5.74, 6) is -0.651. The number of methoxy groups -OCH3 is 1. The number of hydrogen-bond donors (Lipinski definition) is 2. The van der Waals surface area contributed by atoms with Gasteiger partial charge in [0.1, 0.15) is 5.69 Å². The van der Waals surface area contributed by atoms with Gasteiger partial charge in [0.05, 0.1) is 13.2 Å². The molecule has 0 aliphatic rings. The van der Waals surface area contributed by atoms with E-state index in [9.17, 15) is 9.59 Å². The van der Waals surface area contributed by atoms with Gasteiger partial charge in [0.25, 0.3) is 5.91 Å². The van der Waals surface area contributed by atoms with Crippen LogP contribution in [0.1, 0.15) is 10.5 Å². The Bertz CT molecular complexity index is 408. The van der Waals surface area contributed by atoms with Crippen molar-refractivity contribution in [1.82, 2.24) is 15.6 Å². The van der Waals surface area contributed by atoms with E-state index in [1.165, 1.54) is 6.20 Å². The maximum Gasteiger partial charge on any atom is 0.270 e. The highest BCUT2D eigenvalue weighted by Gasteiger charge is 2.08. The van der Waals surface area contributed by atoms with Crippen LogP contribution >= 0.6 is 15.9 Å². The molecule has 18 heavy (non-hydrogen) atoms.